The van der Waals surface area contributed by atoms with E-state index in [9.17, 15) is 8.42 Å². The Kier molecular flexibility index (Phi) is 3.09. The molecule has 0 amide bonds. The van der Waals surface area contributed by atoms with Gasteiger partial charge in [0.1, 0.15) is 0 Å². The number of nitrogens with zero attached hydrogens (tertiary/aromatic N) is 1. The number of nitrogens with two attached hydrogens (primary N) is 1. The summed E-state index contributed by atoms with van der Waals surface area (Å²) < 4.78 is 22.9. The molecule has 0 aromatic heterocycles. The predicted molar refractivity (Wildman–Crippen MR) is 41.6 cm³/mol. The Morgan fingerprint density at radius 3 is 2.20 bits per heavy atom. The van der Waals surface area contributed by atoms with Crippen LogP contribution < -0.4 is 5.73 Å². The summed E-state index contributed by atoms with van der Waals surface area (Å²) in [4.78, 5) is 0. The molecular weight excluding hydrogens is 176 g/mol. The van der Waals surface area contributed by atoms with Gasteiger partial charge < -0.3 is 5.73 Å². The molecule has 6 heteroatoms. The van der Waals surface area contributed by atoms with Crippen LogP contribution in [0.2, 0.25) is 0 Å². The molecule has 0 spiro atoms. The maximum Gasteiger partial charge on any atom is 0.215 e. The molecule has 0 bridgehead atoms. The predicted octanol–water partition coefficient (Wildman–Crippen LogP) is -0.989. The fourth-order valence-electron chi connectivity index (χ4n) is 0.894. The summed E-state index contributed by atoms with van der Waals surface area (Å²) in [5.41, 5.74) is 5.38. The average Bonchev–Trinajstić information content (AvgIpc) is 1.79. The van der Waals surface area contributed by atoms with Gasteiger partial charge in [0.2, 0.25) is 10.0 Å². The van der Waals surface area contributed by atoms with E-state index in [-0.39, 0.29) is 24.2 Å². The third-order valence-corrected chi connectivity index (χ3v) is 3.34. The van der Waals surface area contributed by atoms with Gasteiger partial charge in [-0.2, -0.15) is 0 Å². The number of sulfonamides is 1. The molecule has 1 atom stereocenters. The average molecular weight is 187 g/mol. The number of likely N-dealkylation sites (N-methyl/N-ethyl adjacent to an activating group) is 1. The molecule has 0 aromatic rings. The summed E-state index contributed by atoms with van der Waals surface area (Å²) in [6.45, 7) is 0.461. The summed E-state index contributed by atoms with van der Waals surface area (Å²) in [5.74, 6) is 0.101. The number of hydrogen-bond acceptors (Lipinski definition) is 3. The quantitative estimate of drug-likeness (QED) is 0.529. The Bertz CT molecular complexity index is 203. The topological polar surface area (TPSA) is 63.4 Å². The van der Waals surface area contributed by atoms with Gasteiger partial charge in [0.15, 0.2) is 0 Å². The zero-order chi connectivity index (χ0) is 7.07. The molecule has 1 saturated heterocycles. The van der Waals surface area contributed by atoms with Gasteiger partial charge in [0.05, 0.1) is 5.75 Å². The molecule has 0 aliphatic carbocycles. The monoisotopic (exact) mass is 186 g/mol. The Morgan fingerprint density at radius 2 is 2.10 bits per heavy atom. The molecule has 1 aliphatic heterocycles. The molecule has 62 valence electrons. The van der Waals surface area contributed by atoms with Gasteiger partial charge >= 0.3 is 0 Å². The van der Waals surface area contributed by atoms with Crippen molar-refractivity contribution >= 4 is 22.4 Å². The van der Waals surface area contributed by atoms with E-state index in [0.717, 1.165) is 0 Å². The number of halogens is 1. The van der Waals surface area contributed by atoms with Crippen LogP contribution in [0.25, 0.3) is 0 Å². The van der Waals surface area contributed by atoms with Gasteiger partial charge in [0.25, 0.3) is 0 Å². The van der Waals surface area contributed by atoms with Crippen molar-refractivity contribution in [3.8, 4) is 0 Å². The molecule has 1 heterocycles. The Labute approximate surface area is 66.8 Å². The summed E-state index contributed by atoms with van der Waals surface area (Å²) in [5, 5.41) is 0. The van der Waals surface area contributed by atoms with E-state index in [0.29, 0.717) is 6.54 Å². The van der Waals surface area contributed by atoms with Gasteiger partial charge in [-0.3, -0.25) is 0 Å². The van der Waals surface area contributed by atoms with Crippen LogP contribution in [-0.4, -0.2) is 38.1 Å². The lowest BCUT2D eigenvalue weighted by molar-refractivity contribution is 0.494. The zero-order valence-electron chi connectivity index (χ0n) is 5.65. The van der Waals surface area contributed by atoms with Gasteiger partial charge in [-0.1, -0.05) is 0 Å². The minimum absolute atomic E-state index is 0. The smallest absolute Gasteiger partial charge is 0.215 e. The van der Waals surface area contributed by atoms with E-state index >= 15 is 0 Å². The fraction of sp³-hybridized carbons (Fsp3) is 1.00. The standard InChI is InChI=1S/C4H10N2O2S.ClH/c1-6-2-4(5)3-9(6,7)8;/h4H,2-3,5H2,1H3;1H. The fourth-order valence-corrected chi connectivity index (χ4v) is 2.21. The first-order chi connectivity index (χ1) is 4.02. The SMILES string of the molecule is CN1CC(N)CS1(=O)=O.Cl. The molecule has 0 saturated carbocycles. The van der Waals surface area contributed by atoms with Crippen molar-refractivity contribution in [1.82, 2.24) is 4.31 Å². The highest BCUT2D eigenvalue weighted by atomic mass is 35.5. The van der Waals surface area contributed by atoms with Crippen molar-refractivity contribution < 1.29 is 8.42 Å². The lowest BCUT2D eigenvalue weighted by Gasteiger charge is -2.03. The Hall–Kier alpha value is 0.160. The van der Waals surface area contributed by atoms with E-state index in [2.05, 4.69) is 0 Å². The molecule has 10 heavy (non-hydrogen) atoms. The van der Waals surface area contributed by atoms with Crippen molar-refractivity contribution in [2.75, 3.05) is 19.3 Å². The van der Waals surface area contributed by atoms with Crippen LogP contribution in [0.5, 0.6) is 0 Å². The van der Waals surface area contributed by atoms with Crippen LogP contribution in [0.1, 0.15) is 0 Å². The molecular formula is C4H11ClN2O2S. The number of hydrogen-bond donors (Lipinski definition) is 1. The highest BCUT2D eigenvalue weighted by molar-refractivity contribution is 7.89. The van der Waals surface area contributed by atoms with Crippen LogP contribution >= 0.6 is 12.4 Å². The van der Waals surface area contributed by atoms with E-state index in [1.165, 1.54) is 4.31 Å². The minimum atomic E-state index is -2.97. The molecule has 1 rings (SSSR count). The Morgan fingerprint density at radius 1 is 1.60 bits per heavy atom. The molecule has 2 N–H and O–H groups in total. The lowest BCUT2D eigenvalue weighted by Crippen LogP contribution is -2.25. The van der Waals surface area contributed by atoms with Gasteiger partial charge in [-0.05, 0) is 0 Å². The van der Waals surface area contributed by atoms with Gasteiger partial charge in [-0.25, -0.2) is 12.7 Å². The highest BCUT2D eigenvalue weighted by Gasteiger charge is 2.30. The third-order valence-electron chi connectivity index (χ3n) is 1.39. The third kappa shape index (κ3) is 1.82. The van der Waals surface area contributed by atoms with Crippen LogP contribution in [-0.2, 0) is 10.0 Å². The first-order valence-corrected chi connectivity index (χ1v) is 4.33. The van der Waals surface area contributed by atoms with Crippen molar-refractivity contribution in [1.29, 1.82) is 0 Å². The van der Waals surface area contributed by atoms with Crippen LogP contribution in [0.15, 0.2) is 0 Å². The summed E-state index contributed by atoms with van der Waals surface area (Å²) in [6.07, 6.45) is 0. The largest absolute Gasteiger partial charge is 0.326 e. The first-order valence-electron chi connectivity index (χ1n) is 2.72. The maximum absolute atomic E-state index is 10.8. The molecule has 0 radical (unpaired) electrons. The van der Waals surface area contributed by atoms with Crippen molar-refractivity contribution in [3.63, 3.8) is 0 Å². The van der Waals surface area contributed by atoms with Gasteiger partial charge in [0, 0.05) is 19.6 Å². The van der Waals surface area contributed by atoms with Crippen molar-refractivity contribution in [3.05, 3.63) is 0 Å². The van der Waals surface area contributed by atoms with Crippen LogP contribution in [0.3, 0.4) is 0 Å². The normalized spacial score (nSPS) is 31.6. The molecule has 1 unspecified atom stereocenters. The lowest BCUT2D eigenvalue weighted by atomic mass is 10.4. The summed E-state index contributed by atoms with van der Waals surface area (Å²) in [6, 6.07) is -0.194. The molecule has 1 fully saturated rings. The Balaban J connectivity index is 0.000000810. The van der Waals surface area contributed by atoms with Crippen LogP contribution in [0.4, 0.5) is 0 Å². The zero-order valence-corrected chi connectivity index (χ0v) is 7.28. The van der Waals surface area contributed by atoms with E-state index in [4.69, 9.17) is 5.73 Å². The van der Waals surface area contributed by atoms with Crippen LogP contribution in [0, 0.1) is 0 Å². The number of rotatable bonds is 0. The second kappa shape index (κ2) is 3.04. The molecule has 4 nitrogen and oxygen atoms in total. The highest BCUT2D eigenvalue weighted by Crippen LogP contribution is 2.08. The van der Waals surface area contributed by atoms with Gasteiger partial charge in [-0.15, -0.1) is 12.4 Å². The van der Waals surface area contributed by atoms with E-state index in [1.54, 1.807) is 7.05 Å². The summed E-state index contributed by atoms with van der Waals surface area (Å²) >= 11 is 0. The minimum Gasteiger partial charge on any atom is -0.326 e. The van der Waals surface area contributed by atoms with Crippen molar-refractivity contribution in [2.24, 2.45) is 5.73 Å². The molecule has 0 aromatic carbocycles. The van der Waals surface area contributed by atoms with Crippen molar-refractivity contribution in [2.45, 2.75) is 6.04 Å². The molecule has 1 aliphatic rings. The summed E-state index contributed by atoms with van der Waals surface area (Å²) in [7, 11) is -1.42. The van der Waals surface area contributed by atoms with E-state index < -0.39 is 10.0 Å². The van der Waals surface area contributed by atoms with E-state index in [1.807, 2.05) is 0 Å². The second-order valence-electron chi connectivity index (χ2n) is 2.32. The first kappa shape index (κ1) is 10.2. The second-order valence-corrected chi connectivity index (χ2v) is 4.44. The maximum atomic E-state index is 10.8.